The highest BCUT2D eigenvalue weighted by Gasteiger charge is 2.39. The van der Waals surface area contributed by atoms with Crippen LogP contribution in [0.25, 0.3) is 0 Å². The van der Waals surface area contributed by atoms with E-state index in [0.29, 0.717) is 39.8 Å². The minimum atomic E-state index is -0.427. The smallest absolute Gasteiger partial charge is 0.163 e. The van der Waals surface area contributed by atoms with Crippen LogP contribution < -0.4 is 10.6 Å². The Labute approximate surface area is 198 Å². The molecule has 0 unspecified atom stereocenters. The van der Waals surface area contributed by atoms with E-state index in [2.05, 4.69) is 24.5 Å². The van der Waals surface area contributed by atoms with Crippen molar-refractivity contribution in [3.8, 4) is 5.75 Å². The van der Waals surface area contributed by atoms with Crippen LogP contribution in [-0.2, 0) is 9.59 Å². The van der Waals surface area contributed by atoms with E-state index in [4.69, 9.17) is 23.2 Å². The Kier molecular flexibility index (Phi) is 7.21. The molecule has 0 bridgehead atoms. The van der Waals surface area contributed by atoms with Gasteiger partial charge in [0.1, 0.15) is 17.7 Å². The third kappa shape index (κ3) is 5.28. The zero-order valence-corrected chi connectivity index (χ0v) is 20.1. The van der Waals surface area contributed by atoms with E-state index in [0.717, 1.165) is 17.5 Å². The summed E-state index contributed by atoms with van der Waals surface area (Å²) in [5.41, 5.74) is 3.38. The zero-order chi connectivity index (χ0) is 23.6. The molecule has 0 aromatic heterocycles. The quantitative estimate of drug-likeness (QED) is 0.330. The molecule has 0 saturated carbocycles. The van der Waals surface area contributed by atoms with E-state index >= 15 is 0 Å². The van der Waals surface area contributed by atoms with Gasteiger partial charge in [-0.2, -0.15) is 0 Å². The minimum absolute atomic E-state index is 0.0737. The normalized spacial score (nSPS) is 19.0. The Balaban J connectivity index is 0.000000523. The number of ketones is 1. The average Bonchev–Trinajstić information content (AvgIpc) is 2.85. The van der Waals surface area contributed by atoms with E-state index in [1.54, 1.807) is 24.3 Å². The van der Waals surface area contributed by atoms with Crippen LogP contribution in [0.5, 0.6) is 5.75 Å². The predicted octanol–water partition coefficient (Wildman–Crippen LogP) is 6.76. The number of aldehydes is 1. The van der Waals surface area contributed by atoms with Crippen LogP contribution in [0.1, 0.15) is 52.1 Å². The summed E-state index contributed by atoms with van der Waals surface area (Å²) in [5.74, 6) is 0.407. The van der Waals surface area contributed by atoms with Crippen molar-refractivity contribution in [2.45, 2.75) is 46.6 Å². The lowest BCUT2D eigenvalue weighted by atomic mass is 9.73. The van der Waals surface area contributed by atoms with Crippen LogP contribution in [0.4, 0.5) is 11.4 Å². The number of halogens is 2. The number of hydrogen-bond donors (Lipinski definition) is 3. The summed E-state index contributed by atoms with van der Waals surface area (Å²) in [4.78, 5) is 22.6. The summed E-state index contributed by atoms with van der Waals surface area (Å²) < 4.78 is 0. The molecule has 4 rings (SSSR count). The molecule has 3 N–H and O–H groups in total. The number of benzene rings is 2. The molecule has 0 saturated heterocycles. The first kappa shape index (κ1) is 24.1. The molecule has 1 aliphatic heterocycles. The van der Waals surface area contributed by atoms with Crippen molar-refractivity contribution in [3.63, 3.8) is 0 Å². The van der Waals surface area contributed by atoms with Gasteiger partial charge in [-0.15, -0.1) is 0 Å². The lowest BCUT2D eigenvalue weighted by molar-refractivity contribution is -0.118. The number of allylic oxidation sites excluding steroid dienone is 1. The molecular formula is C25H28Cl2N2O3. The van der Waals surface area contributed by atoms with Crippen LogP contribution in [0, 0.1) is 11.3 Å². The molecule has 0 fully saturated rings. The van der Waals surface area contributed by atoms with E-state index in [1.165, 1.54) is 0 Å². The highest BCUT2D eigenvalue weighted by Crippen LogP contribution is 2.48. The fourth-order valence-corrected chi connectivity index (χ4v) is 4.44. The van der Waals surface area contributed by atoms with Gasteiger partial charge in [-0.25, -0.2) is 0 Å². The molecule has 0 spiro atoms. The Morgan fingerprint density at radius 1 is 1.16 bits per heavy atom. The molecular weight excluding hydrogens is 447 g/mol. The van der Waals surface area contributed by atoms with Crippen LogP contribution >= 0.6 is 23.2 Å². The highest BCUT2D eigenvalue weighted by molar-refractivity contribution is 6.35. The molecule has 0 radical (unpaired) electrons. The molecule has 0 amide bonds. The molecule has 32 heavy (non-hydrogen) atoms. The first-order valence-corrected chi connectivity index (χ1v) is 11.3. The summed E-state index contributed by atoms with van der Waals surface area (Å²) in [6.07, 6.45) is 2.07. The van der Waals surface area contributed by atoms with Crippen molar-refractivity contribution in [1.82, 2.24) is 0 Å². The zero-order valence-electron chi connectivity index (χ0n) is 18.6. The first-order valence-electron chi connectivity index (χ1n) is 10.5. The van der Waals surface area contributed by atoms with Gasteiger partial charge in [-0.1, -0.05) is 63.0 Å². The van der Waals surface area contributed by atoms with E-state index in [1.807, 2.05) is 26.0 Å². The number of phenolic OH excluding ortho intramolecular Hbond substituents is 1. The molecule has 1 atom stereocenters. The molecule has 1 heterocycles. The van der Waals surface area contributed by atoms with Gasteiger partial charge in [0, 0.05) is 33.7 Å². The Hall–Kier alpha value is -2.50. The standard InChI is InChI=1S/C21H20Cl2N2O2.C4H8O/c1-21(2)9-15-18(17(27)10-21)19(12-7-6-11(22)8-13(12)23)24-14-4-3-5-16(26)20(14)25-15;1-4(2)3-5/h3-8,19,24-26H,9-10H2,1-2H3;3-4H,1-2H3/t19-;/m1./s1. The lowest BCUT2D eigenvalue weighted by Gasteiger charge is -2.34. The number of phenols is 1. The number of carbonyl (C=O) groups excluding carboxylic acids is 2. The molecule has 2 aromatic rings. The maximum Gasteiger partial charge on any atom is 0.163 e. The van der Waals surface area contributed by atoms with Gasteiger partial charge in [0.05, 0.1) is 11.7 Å². The summed E-state index contributed by atoms with van der Waals surface area (Å²) in [6, 6.07) is 10.1. The van der Waals surface area contributed by atoms with Crippen molar-refractivity contribution in [2.24, 2.45) is 11.3 Å². The van der Waals surface area contributed by atoms with Crippen molar-refractivity contribution >= 4 is 46.6 Å². The van der Waals surface area contributed by atoms with Crippen LogP contribution in [0.15, 0.2) is 47.7 Å². The largest absolute Gasteiger partial charge is 0.506 e. The van der Waals surface area contributed by atoms with E-state index < -0.39 is 6.04 Å². The molecule has 2 aliphatic rings. The Bertz CT molecular complexity index is 1080. The number of para-hydroxylation sites is 1. The van der Waals surface area contributed by atoms with Gasteiger partial charge >= 0.3 is 0 Å². The third-order valence-corrected chi connectivity index (χ3v) is 5.93. The fourth-order valence-electron chi connectivity index (χ4n) is 3.92. The maximum atomic E-state index is 13.1. The van der Waals surface area contributed by atoms with Crippen LogP contribution in [0.3, 0.4) is 0 Å². The molecule has 2 aromatic carbocycles. The molecule has 170 valence electrons. The van der Waals surface area contributed by atoms with Crippen molar-refractivity contribution < 1.29 is 14.7 Å². The van der Waals surface area contributed by atoms with Gasteiger partial charge in [0.15, 0.2) is 5.78 Å². The van der Waals surface area contributed by atoms with E-state index in [-0.39, 0.29) is 22.9 Å². The Morgan fingerprint density at radius 2 is 1.84 bits per heavy atom. The minimum Gasteiger partial charge on any atom is -0.506 e. The number of fused-ring (bicyclic) bond motifs is 1. The monoisotopic (exact) mass is 474 g/mol. The second-order valence-corrected chi connectivity index (χ2v) is 10.1. The topological polar surface area (TPSA) is 78.4 Å². The van der Waals surface area contributed by atoms with Gasteiger partial charge in [0.2, 0.25) is 0 Å². The summed E-state index contributed by atoms with van der Waals surface area (Å²) >= 11 is 12.5. The summed E-state index contributed by atoms with van der Waals surface area (Å²) in [7, 11) is 0. The fraction of sp³-hybridized carbons (Fsp3) is 0.360. The first-order chi connectivity index (χ1) is 15.0. The SMILES string of the molecule is CC(C)C=O.CC1(C)CC(=O)C2=C(C1)Nc1c(O)cccc1N[C@@H]2c1ccc(Cl)cc1Cl. The Morgan fingerprint density at radius 3 is 2.47 bits per heavy atom. The molecule has 7 heteroatoms. The van der Waals surface area contributed by atoms with Gasteiger partial charge in [-0.3, -0.25) is 4.79 Å². The van der Waals surface area contributed by atoms with Gasteiger partial charge < -0.3 is 20.5 Å². The summed E-state index contributed by atoms with van der Waals surface area (Å²) in [6.45, 7) is 7.86. The number of hydrogen-bond acceptors (Lipinski definition) is 5. The number of Topliss-reactive ketones (excluding diaryl/α,β-unsaturated/α-hetero) is 1. The highest BCUT2D eigenvalue weighted by atomic mass is 35.5. The third-order valence-electron chi connectivity index (χ3n) is 5.37. The number of anilines is 2. The second-order valence-electron chi connectivity index (χ2n) is 9.28. The van der Waals surface area contributed by atoms with E-state index in [9.17, 15) is 14.7 Å². The lowest BCUT2D eigenvalue weighted by Crippen LogP contribution is -2.31. The molecule has 1 aliphatic carbocycles. The summed E-state index contributed by atoms with van der Waals surface area (Å²) in [5, 5.41) is 18.1. The maximum absolute atomic E-state index is 13.1. The van der Waals surface area contributed by atoms with Crippen LogP contribution in [0.2, 0.25) is 10.0 Å². The second kappa shape index (κ2) is 9.55. The van der Waals surface area contributed by atoms with Crippen molar-refractivity contribution in [1.29, 1.82) is 0 Å². The predicted molar refractivity (Wildman–Crippen MR) is 131 cm³/mol. The number of nitrogens with one attached hydrogen (secondary N) is 2. The number of rotatable bonds is 2. The van der Waals surface area contributed by atoms with Crippen LogP contribution in [-0.4, -0.2) is 17.2 Å². The number of aromatic hydroxyl groups is 1. The van der Waals surface area contributed by atoms with Crippen molar-refractivity contribution in [2.75, 3.05) is 10.6 Å². The van der Waals surface area contributed by atoms with Gasteiger partial charge in [0.25, 0.3) is 0 Å². The number of carbonyl (C=O) groups is 2. The van der Waals surface area contributed by atoms with Crippen molar-refractivity contribution in [3.05, 3.63) is 63.3 Å². The van der Waals surface area contributed by atoms with Gasteiger partial charge in [-0.05, 0) is 41.7 Å². The average molecular weight is 475 g/mol. The molecule has 5 nitrogen and oxygen atoms in total.